The summed E-state index contributed by atoms with van der Waals surface area (Å²) in [6.07, 6.45) is 3.75. The lowest BCUT2D eigenvalue weighted by Crippen LogP contribution is -2.35. The van der Waals surface area contributed by atoms with Crippen LogP contribution < -0.4 is 15.5 Å². The molecule has 5 nitrogen and oxygen atoms in total. The minimum atomic E-state index is -0.0873. The van der Waals surface area contributed by atoms with Gasteiger partial charge in [0.25, 0.3) is 5.91 Å². The van der Waals surface area contributed by atoms with E-state index >= 15 is 0 Å². The van der Waals surface area contributed by atoms with Crippen LogP contribution in [-0.2, 0) is 17.8 Å². The first kappa shape index (κ1) is 19.5. The van der Waals surface area contributed by atoms with Gasteiger partial charge in [-0.15, -0.1) is 0 Å². The SMILES string of the molecule is CC[C@H](C)NC(=O)c1cc(NC(=O)C2CC2)ccc1N1CCc2ccccc2C1. The second-order valence-corrected chi connectivity index (χ2v) is 8.22. The summed E-state index contributed by atoms with van der Waals surface area (Å²) >= 11 is 0. The van der Waals surface area contributed by atoms with Crippen LogP contribution in [0.5, 0.6) is 0 Å². The van der Waals surface area contributed by atoms with Crippen LogP contribution in [0.2, 0.25) is 0 Å². The Labute approximate surface area is 172 Å². The average Bonchev–Trinajstić information content (AvgIpc) is 3.58. The number of nitrogens with one attached hydrogen (secondary N) is 2. The Hall–Kier alpha value is -2.82. The topological polar surface area (TPSA) is 61.4 Å². The molecule has 0 spiro atoms. The van der Waals surface area contributed by atoms with Crippen molar-refractivity contribution in [1.29, 1.82) is 0 Å². The molecule has 0 unspecified atom stereocenters. The van der Waals surface area contributed by atoms with Gasteiger partial charge in [-0.1, -0.05) is 31.2 Å². The molecule has 1 heterocycles. The molecule has 0 radical (unpaired) electrons. The Kier molecular flexibility index (Phi) is 5.56. The standard InChI is InChI=1S/C24H29N3O2/c1-3-16(2)25-24(29)21-14-20(26-23(28)18-8-9-18)10-11-22(21)27-13-12-17-6-4-5-7-19(17)15-27/h4-7,10-11,14,16,18H,3,8-9,12-13,15H2,1-2H3,(H,25,29)(H,26,28)/t16-/m0/s1. The maximum Gasteiger partial charge on any atom is 0.253 e. The minimum absolute atomic E-state index is 0.0536. The maximum atomic E-state index is 13.1. The fraction of sp³-hybridized carbons (Fsp3) is 0.417. The molecular weight excluding hydrogens is 362 g/mol. The molecule has 2 N–H and O–H groups in total. The number of carbonyl (C=O) groups excluding carboxylic acids is 2. The number of benzene rings is 2. The number of nitrogens with zero attached hydrogens (tertiary/aromatic N) is 1. The number of rotatable bonds is 6. The fourth-order valence-corrected chi connectivity index (χ4v) is 3.77. The van der Waals surface area contributed by atoms with Crippen molar-refractivity contribution in [2.24, 2.45) is 5.92 Å². The van der Waals surface area contributed by atoms with Crippen molar-refractivity contribution >= 4 is 23.2 Å². The summed E-state index contributed by atoms with van der Waals surface area (Å²) in [5, 5.41) is 6.06. The fourth-order valence-electron chi connectivity index (χ4n) is 3.77. The van der Waals surface area contributed by atoms with Crippen LogP contribution in [0, 0.1) is 5.92 Å². The van der Waals surface area contributed by atoms with Gasteiger partial charge in [-0.05, 0) is 61.9 Å². The van der Waals surface area contributed by atoms with Crippen molar-refractivity contribution in [2.75, 3.05) is 16.8 Å². The van der Waals surface area contributed by atoms with Gasteiger partial charge in [-0.2, -0.15) is 0 Å². The molecule has 1 aliphatic heterocycles. The summed E-state index contributed by atoms with van der Waals surface area (Å²) in [5.74, 6) is 0.0966. The molecule has 2 aromatic rings. The van der Waals surface area contributed by atoms with E-state index in [0.29, 0.717) is 11.3 Å². The van der Waals surface area contributed by atoms with Crippen molar-refractivity contribution < 1.29 is 9.59 Å². The highest BCUT2D eigenvalue weighted by Crippen LogP contribution is 2.32. The number of carbonyl (C=O) groups is 2. The van der Waals surface area contributed by atoms with Crippen LogP contribution in [0.4, 0.5) is 11.4 Å². The molecule has 0 saturated heterocycles. The molecule has 1 saturated carbocycles. The van der Waals surface area contributed by atoms with Crippen LogP contribution in [0.3, 0.4) is 0 Å². The van der Waals surface area contributed by atoms with Crippen LogP contribution in [0.1, 0.15) is 54.6 Å². The molecule has 0 aromatic heterocycles. The van der Waals surface area contributed by atoms with Gasteiger partial charge in [0.1, 0.15) is 0 Å². The maximum absolute atomic E-state index is 13.1. The van der Waals surface area contributed by atoms with E-state index in [2.05, 4.69) is 46.7 Å². The zero-order chi connectivity index (χ0) is 20.4. The first-order chi connectivity index (χ1) is 14.0. The van der Waals surface area contributed by atoms with Gasteiger partial charge >= 0.3 is 0 Å². The third-order valence-electron chi connectivity index (χ3n) is 5.92. The second-order valence-electron chi connectivity index (χ2n) is 8.22. The van der Waals surface area contributed by atoms with Crippen LogP contribution in [0.25, 0.3) is 0 Å². The molecule has 0 bridgehead atoms. The Morgan fingerprint density at radius 1 is 1.14 bits per heavy atom. The summed E-state index contributed by atoms with van der Waals surface area (Å²) in [6.45, 7) is 5.72. The monoisotopic (exact) mass is 391 g/mol. The first-order valence-corrected chi connectivity index (χ1v) is 10.6. The van der Waals surface area contributed by atoms with E-state index in [-0.39, 0.29) is 23.8 Å². The van der Waals surface area contributed by atoms with Crippen LogP contribution >= 0.6 is 0 Å². The van der Waals surface area contributed by atoms with Crippen molar-refractivity contribution in [2.45, 2.75) is 52.1 Å². The summed E-state index contributed by atoms with van der Waals surface area (Å²) in [7, 11) is 0. The van der Waals surface area contributed by atoms with E-state index in [1.807, 2.05) is 25.1 Å². The summed E-state index contributed by atoms with van der Waals surface area (Å²) in [6, 6.07) is 14.3. The van der Waals surface area contributed by atoms with Gasteiger partial charge < -0.3 is 15.5 Å². The van der Waals surface area contributed by atoms with E-state index in [1.165, 1.54) is 11.1 Å². The zero-order valence-corrected chi connectivity index (χ0v) is 17.2. The predicted octanol–water partition coefficient (Wildman–Crippen LogP) is 4.13. The molecular formula is C24H29N3O2. The highest BCUT2D eigenvalue weighted by Gasteiger charge is 2.30. The van der Waals surface area contributed by atoms with Crippen LogP contribution in [0.15, 0.2) is 42.5 Å². The molecule has 2 aromatic carbocycles. The highest BCUT2D eigenvalue weighted by atomic mass is 16.2. The van der Waals surface area contributed by atoms with E-state index < -0.39 is 0 Å². The van der Waals surface area contributed by atoms with Crippen molar-refractivity contribution in [3.05, 3.63) is 59.2 Å². The van der Waals surface area contributed by atoms with Crippen LogP contribution in [-0.4, -0.2) is 24.4 Å². The molecule has 1 atom stereocenters. The van der Waals surface area contributed by atoms with Gasteiger partial charge in [0.15, 0.2) is 0 Å². The summed E-state index contributed by atoms with van der Waals surface area (Å²) in [4.78, 5) is 27.5. The van der Waals surface area contributed by atoms with E-state index in [4.69, 9.17) is 0 Å². The lowest BCUT2D eigenvalue weighted by Gasteiger charge is -2.32. The van der Waals surface area contributed by atoms with Gasteiger partial charge in [0.05, 0.1) is 5.56 Å². The number of amides is 2. The zero-order valence-electron chi connectivity index (χ0n) is 17.2. The van der Waals surface area contributed by atoms with E-state index in [1.54, 1.807) is 0 Å². The molecule has 5 heteroatoms. The number of hydrogen-bond donors (Lipinski definition) is 2. The number of anilines is 2. The lowest BCUT2D eigenvalue weighted by atomic mass is 9.98. The minimum Gasteiger partial charge on any atom is -0.366 e. The molecule has 1 fully saturated rings. The lowest BCUT2D eigenvalue weighted by molar-refractivity contribution is -0.117. The normalized spacial score (nSPS) is 16.7. The largest absolute Gasteiger partial charge is 0.366 e. The Morgan fingerprint density at radius 3 is 2.62 bits per heavy atom. The first-order valence-electron chi connectivity index (χ1n) is 10.6. The molecule has 29 heavy (non-hydrogen) atoms. The average molecular weight is 392 g/mol. The van der Waals surface area contributed by atoms with Crippen molar-refractivity contribution in [3.8, 4) is 0 Å². The van der Waals surface area contributed by atoms with Gasteiger partial charge in [-0.3, -0.25) is 9.59 Å². The Balaban J connectivity index is 1.62. The number of fused-ring (bicyclic) bond motifs is 1. The van der Waals surface area contributed by atoms with E-state index in [0.717, 1.165) is 44.5 Å². The number of hydrogen-bond acceptors (Lipinski definition) is 3. The van der Waals surface area contributed by atoms with Crippen molar-refractivity contribution in [3.63, 3.8) is 0 Å². The van der Waals surface area contributed by atoms with Gasteiger partial charge in [-0.25, -0.2) is 0 Å². The van der Waals surface area contributed by atoms with Crippen molar-refractivity contribution in [1.82, 2.24) is 5.32 Å². The smallest absolute Gasteiger partial charge is 0.253 e. The highest BCUT2D eigenvalue weighted by molar-refractivity contribution is 6.02. The Bertz CT molecular complexity index is 920. The Morgan fingerprint density at radius 2 is 1.90 bits per heavy atom. The molecule has 2 aliphatic rings. The third kappa shape index (κ3) is 4.44. The summed E-state index contributed by atoms with van der Waals surface area (Å²) < 4.78 is 0. The third-order valence-corrected chi connectivity index (χ3v) is 5.92. The van der Waals surface area contributed by atoms with Gasteiger partial charge in [0.2, 0.25) is 5.91 Å². The molecule has 2 amide bonds. The predicted molar refractivity (Wildman–Crippen MR) is 116 cm³/mol. The molecule has 1 aliphatic carbocycles. The molecule has 152 valence electrons. The van der Waals surface area contributed by atoms with Gasteiger partial charge in [0, 0.05) is 36.4 Å². The molecule has 4 rings (SSSR count). The quantitative estimate of drug-likeness (QED) is 0.778. The summed E-state index contributed by atoms with van der Waals surface area (Å²) in [5.41, 5.74) is 4.92. The van der Waals surface area contributed by atoms with E-state index in [9.17, 15) is 9.59 Å². The second kappa shape index (κ2) is 8.27.